The molecule has 7 heteroatoms. The molecule has 1 aromatic heterocycles. The Morgan fingerprint density at radius 2 is 2.14 bits per heavy atom. The number of nitrogens with zero attached hydrogens (tertiary/aromatic N) is 2. The molecule has 1 aliphatic rings. The van der Waals surface area contributed by atoms with E-state index >= 15 is 0 Å². The third-order valence-corrected chi connectivity index (χ3v) is 5.22. The fourth-order valence-electron chi connectivity index (χ4n) is 2.85. The van der Waals surface area contributed by atoms with Crippen molar-refractivity contribution in [3.05, 3.63) is 64.1 Å². The normalized spacial score (nSPS) is 18.6. The molecule has 0 saturated heterocycles. The van der Waals surface area contributed by atoms with Gasteiger partial charge in [0.2, 0.25) is 0 Å². The number of rotatable bonds is 2. The highest BCUT2D eigenvalue weighted by atomic mass is 35.5. The van der Waals surface area contributed by atoms with Crippen LogP contribution in [0.1, 0.15) is 16.8 Å². The van der Waals surface area contributed by atoms with Crippen LogP contribution >= 0.6 is 23.4 Å². The second kappa shape index (κ2) is 5.26. The third kappa shape index (κ3) is 2.12. The zero-order valence-electron chi connectivity index (χ0n) is 11.4. The molecule has 0 amide bonds. The predicted octanol–water partition coefficient (Wildman–Crippen LogP) is 2.89. The molecule has 112 valence electrons. The van der Waals surface area contributed by atoms with Crippen molar-refractivity contribution in [3.63, 3.8) is 0 Å². The quantitative estimate of drug-likeness (QED) is 0.708. The van der Waals surface area contributed by atoms with Gasteiger partial charge in [0.15, 0.2) is 5.69 Å². The summed E-state index contributed by atoms with van der Waals surface area (Å²) in [5.74, 6) is 1.72. The summed E-state index contributed by atoms with van der Waals surface area (Å²) in [6.07, 6.45) is 0. The van der Waals surface area contributed by atoms with Gasteiger partial charge in [-0.3, -0.25) is 0 Å². The molecule has 0 bridgehead atoms. The summed E-state index contributed by atoms with van der Waals surface area (Å²) in [6.45, 7) is 0. The van der Waals surface area contributed by atoms with Crippen LogP contribution in [0.2, 0.25) is 5.02 Å². The minimum absolute atomic E-state index is 0.118. The van der Waals surface area contributed by atoms with Gasteiger partial charge in [0.25, 0.3) is 0 Å². The number of hydrogen-bond acceptors (Lipinski definition) is 4. The standard InChI is InChI=1S/C15H12ClN3O2S/c16-9-5-6-12(19(20)21)10(7-9)15-18-13-4-2-1-3-11(13)17-14(18)8-22-15/h1-7,15,19-20H,8H2. The van der Waals surface area contributed by atoms with Crippen molar-refractivity contribution in [1.29, 1.82) is 0 Å². The minimum atomic E-state index is -0.940. The van der Waals surface area contributed by atoms with Gasteiger partial charge < -0.3 is 9.77 Å². The SMILES string of the molecule is [O-][NH+](O)c1ccc(Cl)cc1C1SCc2nc3ccccc3n21. The van der Waals surface area contributed by atoms with Crippen molar-refractivity contribution in [2.45, 2.75) is 11.1 Å². The number of para-hydroxylation sites is 2. The van der Waals surface area contributed by atoms with E-state index in [9.17, 15) is 10.4 Å². The molecule has 0 aliphatic carbocycles. The van der Waals surface area contributed by atoms with Crippen LogP contribution in [0, 0.1) is 5.21 Å². The fourth-order valence-corrected chi connectivity index (χ4v) is 4.30. The molecule has 2 N–H and O–H groups in total. The number of nitrogens with one attached hydrogen (secondary N) is 1. The maximum atomic E-state index is 11.5. The molecule has 22 heavy (non-hydrogen) atoms. The lowest BCUT2D eigenvalue weighted by Crippen LogP contribution is -2.99. The Morgan fingerprint density at radius 3 is 2.95 bits per heavy atom. The van der Waals surface area contributed by atoms with Crippen molar-refractivity contribution in [2.75, 3.05) is 0 Å². The van der Waals surface area contributed by atoms with Gasteiger partial charge in [0, 0.05) is 11.1 Å². The molecule has 4 rings (SSSR count). The number of thioether (sulfide) groups is 1. The lowest BCUT2D eigenvalue weighted by Gasteiger charge is -2.20. The molecule has 2 heterocycles. The Kier molecular flexibility index (Phi) is 3.36. The topological polar surface area (TPSA) is 65.6 Å². The van der Waals surface area contributed by atoms with E-state index < -0.39 is 5.23 Å². The summed E-state index contributed by atoms with van der Waals surface area (Å²) < 4.78 is 2.11. The number of fused-ring (bicyclic) bond motifs is 3. The average molecular weight is 334 g/mol. The number of imidazole rings is 1. The van der Waals surface area contributed by atoms with Gasteiger partial charge in [-0.15, -0.1) is 11.8 Å². The van der Waals surface area contributed by atoms with Crippen LogP contribution in [0.25, 0.3) is 11.0 Å². The van der Waals surface area contributed by atoms with Gasteiger partial charge >= 0.3 is 0 Å². The van der Waals surface area contributed by atoms with E-state index in [1.165, 1.54) is 0 Å². The molecule has 2 unspecified atom stereocenters. The smallest absolute Gasteiger partial charge is 0.170 e. The Hall–Kier alpha value is -1.57. The van der Waals surface area contributed by atoms with Crippen LogP contribution in [0.5, 0.6) is 0 Å². The van der Waals surface area contributed by atoms with Gasteiger partial charge in [0.05, 0.1) is 22.3 Å². The highest BCUT2D eigenvalue weighted by Crippen LogP contribution is 2.44. The molecule has 0 radical (unpaired) electrons. The third-order valence-electron chi connectivity index (χ3n) is 3.78. The summed E-state index contributed by atoms with van der Waals surface area (Å²) in [7, 11) is 0. The number of benzene rings is 2. The van der Waals surface area contributed by atoms with Crippen molar-refractivity contribution in [2.24, 2.45) is 0 Å². The number of halogens is 1. The fraction of sp³-hybridized carbons (Fsp3) is 0.133. The summed E-state index contributed by atoms with van der Waals surface area (Å²) in [6, 6.07) is 12.8. The Bertz CT molecular complexity index is 865. The van der Waals surface area contributed by atoms with E-state index in [0.29, 0.717) is 10.6 Å². The van der Waals surface area contributed by atoms with E-state index in [-0.39, 0.29) is 11.1 Å². The zero-order chi connectivity index (χ0) is 15.3. The van der Waals surface area contributed by atoms with Crippen LogP contribution in [-0.4, -0.2) is 14.8 Å². The van der Waals surface area contributed by atoms with Crippen molar-refractivity contribution >= 4 is 40.1 Å². The molecule has 0 fully saturated rings. The molecular formula is C15H12ClN3O2S. The molecule has 2 aromatic carbocycles. The van der Waals surface area contributed by atoms with Gasteiger partial charge in [-0.25, -0.2) is 10.2 Å². The summed E-state index contributed by atoms with van der Waals surface area (Å²) in [4.78, 5) is 4.63. The number of aromatic nitrogens is 2. The summed E-state index contributed by atoms with van der Waals surface area (Å²) in [5, 5.41) is 20.5. The second-order valence-corrected chi connectivity index (χ2v) is 6.59. The maximum absolute atomic E-state index is 11.5. The Balaban J connectivity index is 1.92. The van der Waals surface area contributed by atoms with Gasteiger partial charge in [-0.2, -0.15) is 5.23 Å². The highest BCUT2D eigenvalue weighted by Gasteiger charge is 2.31. The van der Waals surface area contributed by atoms with Crippen molar-refractivity contribution in [1.82, 2.24) is 9.55 Å². The number of quaternary nitrogens is 1. The monoisotopic (exact) mass is 333 g/mol. The largest absolute Gasteiger partial charge is 0.595 e. The van der Waals surface area contributed by atoms with E-state index in [2.05, 4.69) is 9.55 Å². The van der Waals surface area contributed by atoms with Gasteiger partial charge in [-0.1, -0.05) is 23.7 Å². The van der Waals surface area contributed by atoms with Crippen LogP contribution < -0.4 is 5.23 Å². The summed E-state index contributed by atoms with van der Waals surface area (Å²) >= 11 is 7.76. The first-order chi connectivity index (χ1) is 10.6. The Morgan fingerprint density at radius 1 is 1.32 bits per heavy atom. The Labute approximate surface area is 135 Å². The predicted molar refractivity (Wildman–Crippen MR) is 86.4 cm³/mol. The maximum Gasteiger partial charge on any atom is 0.170 e. The number of hydrogen-bond donors (Lipinski definition) is 2. The van der Waals surface area contributed by atoms with Gasteiger partial charge in [0.1, 0.15) is 11.2 Å². The molecule has 5 nitrogen and oxygen atoms in total. The highest BCUT2D eigenvalue weighted by molar-refractivity contribution is 7.99. The van der Waals surface area contributed by atoms with Crippen molar-refractivity contribution in [3.8, 4) is 0 Å². The van der Waals surface area contributed by atoms with Crippen LogP contribution in [0.3, 0.4) is 0 Å². The molecular weight excluding hydrogens is 322 g/mol. The first-order valence-electron chi connectivity index (χ1n) is 6.75. The molecule has 0 saturated carbocycles. The van der Waals surface area contributed by atoms with Crippen molar-refractivity contribution < 1.29 is 10.4 Å². The molecule has 1 aliphatic heterocycles. The van der Waals surface area contributed by atoms with E-state index in [1.807, 2.05) is 24.3 Å². The first-order valence-corrected chi connectivity index (χ1v) is 8.18. The summed E-state index contributed by atoms with van der Waals surface area (Å²) in [5.41, 5.74) is 2.95. The zero-order valence-corrected chi connectivity index (χ0v) is 12.9. The second-order valence-electron chi connectivity index (χ2n) is 5.09. The first kappa shape index (κ1) is 14.0. The van der Waals surface area contributed by atoms with E-state index in [4.69, 9.17) is 11.6 Å². The minimum Gasteiger partial charge on any atom is -0.595 e. The van der Waals surface area contributed by atoms with E-state index in [0.717, 1.165) is 22.6 Å². The van der Waals surface area contributed by atoms with Crippen LogP contribution in [0.15, 0.2) is 42.5 Å². The van der Waals surface area contributed by atoms with E-state index in [1.54, 1.807) is 30.0 Å². The van der Waals surface area contributed by atoms with Gasteiger partial charge in [-0.05, 0) is 24.3 Å². The molecule has 2 atom stereocenters. The lowest BCUT2D eigenvalue weighted by molar-refractivity contribution is -0.991. The van der Waals surface area contributed by atoms with Crippen LogP contribution in [0.4, 0.5) is 5.69 Å². The lowest BCUT2D eigenvalue weighted by atomic mass is 10.1. The average Bonchev–Trinajstić information content (AvgIpc) is 3.05. The van der Waals surface area contributed by atoms with Crippen LogP contribution in [-0.2, 0) is 5.75 Å². The molecule has 3 aromatic rings. The molecule has 0 spiro atoms.